The van der Waals surface area contributed by atoms with Crippen LogP contribution in [0.1, 0.15) is 11.1 Å². The van der Waals surface area contributed by atoms with Crippen LogP contribution >= 0.6 is 11.6 Å². The van der Waals surface area contributed by atoms with Crippen molar-refractivity contribution in [3.05, 3.63) is 64.7 Å². The van der Waals surface area contributed by atoms with E-state index in [1.807, 2.05) is 24.3 Å². The smallest absolute Gasteiger partial charge is 0.0991 e. The molecule has 1 N–H and O–H groups in total. The molecule has 0 unspecified atom stereocenters. The molecule has 4 heteroatoms. The zero-order chi connectivity index (χ0) is 12.8. The number of nitriles is 1. The summed E-state index contributed by atoms with van der Waals surface area (Å²) in [5, 5.41) is 13.4. The molecule has 0 aliphatic heterocycles. The third kappa shape index (κ3) is 3.34. The third-order valence-electron chi connectivity index (χ3n) is 2.27. The average Bonchev–Trinajstić information content (AvgIpc) is 2.40. The van der Waals surface area contributed by atoms with Crippen LogP contribution in [0.2, 0.25) is 5.02 Å². The second kappa shape index (κ2) is 5.85. The molecular formula is C14H10ClN3. The van der Waals surface area contributed by atoms with Crippen molar-refractivity contribution < 1.29 is 0 Å². The Labute approximate surface area is 110 Å². The molecule has 0 heterocycles. The van der Waals surface area contributed by atoms with Crippen molar-refractivity contribution in [1.29, 1.82) is 5.26 Å². The molecule has 0 aromatic heterocycles. The summed E-state index contributed by atoms with van der Waals surface area (Å²) in [5.41, 5.74) is 5.26. The zero-order valence-electron chi connectivity index (χ0n) is 9.47. The van der Waals surface area contributed by atoms with Crippen LogP contribution in [0, 0.1) is 11.3 Å². The topological polar surface area (TPSA) is 48.2 Å². The largest absolute Gasteiger partial charge is 0.278 e. The monoisotopic (exact) mass is 255 g/mol. The van der Waals surface area contributed by atoms with Gasteiger partial charge in [-0.1, -0.05) is 29.8 Å². The van der Waals surface area contributed by atoms with E-state index in [1.165, 1.54) is 0 Å². The highest BCUT2D eigenvalue weighted by molar-refractivity contribution is 6.30. The highest BCUT2D eigenvalue weighted by Crippen LogP contribution is 2.14. The lowest BCUT2D eigenvalue weighted by Crippen LogP contribution is -1.90. The van der Waals surface area contributed by atoms with Gasteiger partial charge in [0.25, 0.3) is 0 Å². The summed E-state index contributed by atoms with van der Waals surface area (Å²) >= 11 is 5.85. The minimum absolute atomic E-state index is 0.634. The van der Waals surface area contributed by atoms with Gasteiger partial charge in [-0.05, 0) is 35.9 Å². The van der Waals surface area contributed by atoms with E-state index in [1.54, 1.807) is 30.5 Å². The fourth-order valence-electron chi connectivity index (χ4n) is 1.38. The lowest BCUT2D eigenvalue weighted by molar-refractivity contribution is 1.35. The average molecular weight is 256 g/mol. The van der Waals surface area contributed by atoms with Gasteiger partial charge in [0.2, 0.25) is 0 Å². The fraction of sp³-hybridized carbons (Fsp3) is 0. The van der Waals surface area contributed by atoms with E-state index in [0.717, 1.165) is 11.3 Å². The third-order valence-corrected chi connectivity index (χ3v) is 2.51. The molecule has 0 bridgehead atoms. The molecule has 0 radical (unpaired) electrons. The summed E-state index contributed by atoms with van der Waals surface area (Å²) in [6.45, 7) is 0. The van der Waals surface area contributed by atoms with Crippen LogP contribution in [-0.2, 0) is 0 Å². The van der Waals surface area contributed by atoms with Crippen LogP contribution in [0.5, 0.6) is 0 Å². The van der Waals surface area contributed by atoms with Crippen LogP contribution in [-0.4, -0.2) is 6.21 Å². The Morgan fingerprint density at radius 1 is 1.17 bits per heavy atom. The maximum atomic E-state index is 8.67. The molecule has 18 heavy (non-hydrogen) atoms. The molecule has 2 aromatic rings. The highest BCUT2D eigenvalue weighted by atomic mass is 35.5. The van der Waals surface area contributed by atoms with Gasteiger partial charge in [-0.25, -0.2) is 0 Å². The van der Waals surface area contributed by atoms with Gasteiger partial charge in [0.05, 0.1) is 23.5 Å². The van der Waals surface area contributed by atoms with Crippen LogP contribution in [0.15, 0.2) is 53.6 Å². The molecular weight excluding hydrogens is 246 g/mol. The summed E-state index contributed by atoms with van der Waals surface area (Å²) in [6, 6.07) is 16.6. The number of benzene rings is 2. The first-order valence-electron chi connectivity index (χ1n) is 5.33. The summed E-state index contributed by atoms with van der Waals surface area (Å²) in [4.78, 5) is 0. The first kappa shape index (κ1) is 12.2. The Bertz CT molecular complexity index is 597. The van der Waals surface area contributed by atoms with Crippen LogP contribution in [0.4, 0.5) is 5.69 Å². The Hall–Kier alpha value is -2.31. The second-order valence-electron chi connectivity index (χ2n) is 3.61. The Kier molecular flexibility index (Phi) is 3.95. The molecule has 3 nitrogen and oxygen atoms in total. The minimum Gasteiger partial charge on any atom is -0.278 e. The van der Waals surface area contributed by atoms with E-state index in [9.17, 15) is 0 Å². The van der Waals surface area contributed by atoms with Gasteiger partial charge >= 0.3 is 0 Å². The van der Waals surface area contributed by atoms with Gasteiger partial charge in [-0.3, -0.25) is 5.43 Å². The molecule has 88 valence electrons. The van der Waals surface area contributed by atoms with Crippen molar-refractivity contribution in [3.63, 3.8) is 0 Å². The number of nitrogens with zero attached hydrogens (tertiary/aromatic N) is 2. The standard InChI is InChI=1S/C14H10ClN3/c15-13-2-1-3-14(8-13)18-17-10-12-6-4-11(9-16)5-7-12/h1-8,10,18H/b17-10+. The van der Waals surface area contributed by atoms with Gasteiger partial charge < -0.3 is 0 Å². The second-order valence-corrected chi connectivity index (χ2v) is 4.05. The minimum atomic E-state index is 0.634. The van der Waals surface area contributed by atoms with Crippen LogP contribution in [0.3, 0.4) is 0 Å². The highest BCUT2D eigenvalue weighted by Gasteiger charge is 1.92. The van der Waals surface area contributed by atoms with Crippen molar-refractivity contribution in [2.24, 2.45) is 5.10 Å². The molecule has 0 saturated carbocycles. The Morgan fingerprint density at radius 2 is 1.94 bits per heavy atom. The summed E-state index contributed by atoms with van der Waals surface area (Å²) in [5.74, 6) is 0. The Morgan fingerprint density at radius 3 is 2.61 bits per heavy atom. The lowest BCUT2D eigenvalue weighted by atomic mass is 10.2. The zero-order valence-corrected chi connectivity index (χ0v) is 10.2. The van der Waals surface area contributed by atoms with Gasteiger partial charge in [0.1, 0.15) is 0 Å². The van der Waals surface area contributed by atoms with E-state index in [2.05, 4.69) is 16.6 Å². The number of hydrogen-bond donors (Lipinski definition) is 1. The number of halogens is 1. The van der Waals surface area contributed by atoms with Crippen molar-refractivity contribution in [2.45, 2.75) is 0 Å². The van der Waals surface area contributed by atoms with E-state index in [0.29, 0.717) is 10.6 Å². The van der Waals surface area contributed by atoms with Gasteiger partial charge in [0, 0.05) is 5.02 Å². The van der Waals surface area contributed by atoms with Crippen molar-refractivity contribution in [2.75, 3.05) is 5.43 Å². The predicted octanol–water partition coefficient (Wildman–Crippen LogP) is 3.66. The maximum Gasteiger partial charge on any atom is 0.0991 e. The quantitative estimate of drug-likeness (QED) is 0.672. The first-order chi connectivity index (χ1) is 8.78. The van der Waals surface area contributed by atoms with Gasteiger partial charge in [0.15, 0.2) is 0 Å². The van der Waals surface area contributed by atoms with Crippen molar-refractivity contribution in [1.82, 2.24) is 0 Å². The number of nitrogens with one attached hydrogen (secondary N) is 1. The van der Waals surface area contributed by atoms with E-state index < -0.39 is 0 Å². The van der Waals surface area contributed by atoms with E-state index >= 15 is 0 Å². The molecule has 0 aliphatic carbocycles. The summed E-state index contributed by atoms with van der Waals surface area (Å²) in [6.07, 6.45) is 1.68. The number of anilines is 1. The predicted molar refractivity (Wildman–Crippen MR) is 73.8 cm³/mol. The normalized spacial score (nSPS) is 10.2. The number of hydrogen-bond acceptors (Lipinski definition) is 3. The molecule has 0 fully saturated rings. The molecule has 0 aliphatic rings. The van der Waals surface area contributed by atoms with Crippen molar-refractivity contribution >= 4 is 23.5 Å². The van der Waals surface area contributed by atoms with Crippen LogP contribution < -0.4 is 5.43 Å². The van der Waals surface area contributed by atoms with E-state index in [4.69, 9.17) is 16.9 Å². The molecule has 0 spiro atoms. The van der Waals surface area contributed by atoms with Gasteiger partial charge in [-0.2, -0.15) is 10.4 Å². The molecule has 0 saturated heterocycles. The number of rotatable bonds is 3. The maximum absolute atomic E-state index is 8.67. The molecule has 0 amide bonds. The Balaban J connectivity index is 2.01. The van der Waals surface area contributed by atoms with Gasteiger partial charge in [-0.15, -0.1) is 0 Å². The summed E-state index contributed by atoms with van der Waals surface area (Å²) < 4.78 is 0. The molecule has 0 atom stereocenters. The van der Waals surface area contributed by atoms with Crippen molar-refractivity contribution in [3.8, 4) is 6.07 Å². The summed E-state index contributed by atoms with van der Waals surface area (Å²) in [7, 11) is 0. The molecule has 2 aromatic carbocycles. The van der Waals surface area contributed by atoms with Crippen LogP contribution in [0.25, 0.3) is 0 Å². The molecule has 2 rings (SSSR count). The SMILES string of the molecule is N#Cc1ccc(/C=N/Nc2cccc(Cl)c2)cc1. The van der Waals surface area contributed by atoms with E-state index in [-0.39, 0.29) is 0 Å². The fourth-order valence-corrected chi connectivity index (χ4v) is 1.57. The number of hydrazone groups is 1. The lowest BCUT2D eigenvalue weighted by Gasteiger charge is -1.99. The first-order valence-corrected chi connectivity index (χ1v) is 5.70.